The number of ketones is 1. The van der Waals surface area contributed by atoms with Gasteiger partial charge in [-0.2, -0.15) is 0 Å². The molecule has 0 saturated heterocycles. The monoisotopic (exact) mass is 214 g/mol. The van der Waals surface area contributed by atoms with E-state index in [1.165, 1.54) is 13.1 Å². The molecule has 2 aromatic heterocycles. The molecular weight excluding hydrogens is 204 g/mol. The summed E-state index contributed by atoms with van der Waals surface area (Å²) in [6.45, 7) is 1.50. The van der Waals surface area contributed by atoms with Gasteiger partial charge in [0.25, 0.3) is 0 Å². The van der Waals surface area contributed by atoms with Crippen LogP contribution in [0.4, 0.5) is 0 Å². The maximum absolute atomic E-state index is 11.2. The third-order valence-corrected chi connectivity index (χ3v) is 1.99. The van der Waals surface area contributed by atoms with Crippen molar-refractivity contribution in [1.29, 1.82) is 0 Å². The van der Waals surface area contributed by atoms with Gasteiger partial charge in [-0.05, 0) is 19.1 Å². The van der Waals surface area contributed by atoms with Crippen molar-refractivity contribution < 1.29 is 9.53 Å². The Morgan fingerprint density at radius 3 is 2.62 bits per heavy atom. The van der Waals surface area contributed by atoms with E-state index in [-0.39, 0.29) is 5.78 Å². The molecular formula is C12H10N2O2. The number of Topliss-reactive ketones (excluding diaryl/α,β-unsaturated/α-hetero) is 1. The number of pyridine rings is 2. The molecule has 2 heterocycles. The molecule has 0 spiro atoms. The molecule has 0 radical (unpaired) electrons. The number of rotatable bonds is 3. The summed E-state index contributed by atoms with van der Waals surface area (Å²) in [5.41, 5.74) is 0.570. The van der Waals surface area contributed by atoms with Crippen molar-refractivity contribution >= 4 is 5.78 Å². The minimum absolute atomic E-state index is 0.0201. The van der Waals surface area contributed by atoms with Gasteiger partial charge in [-0.3, -0.25) is 4.79 Å². The number of hydrogen-bond acceptors (Lipinski definition) is 4. The summed E-state index contributed by atoms with van der Waals surface area (Å²) >= 11 is 0. The van der Waals surface area contributed by atoms with Crippen LogP contribution in [-0.2, 0) is 0 Å². The number of nitrogens with zero attached hydrogens (tertiary/aromatic N) is 2. The van der Waals surface area contributed by atoms with E-state index in [4.69, 9.17) is 4.74 Å². The lowest BCUT2D eigenvalue weighted by Crippen LogP contribution is -1.95. The molecule has 0 aliphatic carbocycles. The minimum atomic E-state index is -0.0201. The molecule has 0 aliphatic rings. The molecule has 0 bridgehead atoms. The number of carbonyl (C=O) groups excluding carboxylic acids is 1. The summed E-state index contributed by atoms with van der Waals surface area (Å²) < 4.78 is 5.39. The Kier molecular flexibility index (Phi) is 2.91. The van der Waals surface area contributed by atoms with Crippen LogP contribution in [0.15, 0.2) is 42.7 Å². The fraction of sp³-hybridized carbons (Fsp3) is 0.0833. The molecule has 0 aliphatic heterocycles. The topological polar surface area (TPSA) is 52.1 Å². The molecule has 2 rings (SSSR count). The quantitative estimate of drug-likeness (QED) is 0.736. The van der Waals surface area contributed by atoms with Gasteiger partial charge in [0, 0.05) is 30.1 Å². The molecule has 4 heteroatoms. The van der Waals surface area contributed by atoms with Crippen LogP contribution in [0.3, 0.4) is 0 Å². The molecule has 2 aromatic rings. The van der Waals surface area contributed by atoms with Crippen LogP contribution in [0, 0.1) is 0 Å². The van der Waals surface area contributed by atoms with Crippen LogP contribution >= 0.6 is 0 Å². The standard InChI is InChI=1S/C12H10N2O2/c1-9(15)10-5-7-14-12(8-10)16-11-4-2-3-6-13-11/h2-8H,1H3. The molecule has 4 nitrogen and oxygen atoms in total. The summed E-state index contributed by atoms with van der Waals surface area (Å²) in [5.74, 6) is 0.801. The van der Waals surface area contributed by atoms with Crippen molar-refractivity contribution in [2.45, 2.75) is 6.92 Å². The number of carbonyl (C=O) groups is 1. The fourth-order valence-electron chi connectivity index (χ4n) is 1.20. The first-order valence-electron chi connectivity index (χ1n) is 4.81. The molecule has 0 N–H and O–H groups in total. The molecule has 0 atom stereocenters. The van der Waals surface area contributed by atoms with E-state index in [9.17, 15) is 4.79 Å². The van der Waals surface area contributed by atoms with Crippen LogP contribution in [0.1, 0.15) is 17.3 Å². The van der Waals surface area contributed by atoms with Crippen molar-refractivity contribution in [1.82, 2.24) is 9.97 Å². The normalized spacial score (nSPS) is 9.81. The lowest BCUT2D eigenvalue weighted by Gasteiger charge is -2.03. The lowest BCUT2D eigenvalue weighted by molar-refractivity contribution is 0.101. The summed E-state index contributed by atoms with van der Waals surface area (Å²) in [6, 6.07) is 8.58. The zero-order valence-corrected chi connectivity index (χ0v) is 8.75. The van der Waals surface area contributed by atoms with Crippen LogP contribution in [0.5, 0.6) is 11.8 Å². The Hall–Kier alpha value is -2.23. The fourth-order valence-corrected chi connectivity index (χ4v) is 1.20. The van der Waals surface area contributed by atoms with Crippen molar-refractivity contribution in [3.8, 4) is 11.8 Å². The number of ether oxygens (including phenoxy) is 1. The Labute approximate surface area is 92.9 Å². The van der Waals surface area contributed by atoms with Crippen molar-refractivity contribution in [3.63, 3.8) is 0 Å². The van der Waals surface area contributed by atoms with E-state index in [1.807, 2.05) is 6.07 Å². The first kappa shape index (κ1) is 10.3. The molecule has 80 valence electrons. The highest BCUT2D eigenvalue weighted by molar-refractivity contribution is 5.94. The first-order chi connectivity index (χ1) is 7.75. The van der Waals surface area contributed by atoms with Gasteiger partial charge >= 0.3 is 0 Å². The maximum atomic E-state index is 11.2. The third kappa shape index (κ3) is 2.42. The van der Waals surface area contributed by atoms with Crippen LogP contribution in [0.2, 0.25) is 0 Å². The highest BCUT2D eigenvalue weighted by Gasteiger charge is 2.03. The zero-order chi connectivity index (χ0) is 11.4. The summed E-state index contributed by atoms with van der Waals surface area (Å²) in [6.07, 6.45) is 3.17. The molecule has 16 heavy (non-hydrogen) atoms. The molecule has 0 unspecified atom stereocenters. The van der Waals surface area contributed by atoms with E-state index < -0.39 is 0 Å². The van der Waals surface area contributed by atoms with Gasteiger partial charge < -0.3 is 4.74 Å². The SMILES string of the molecule is CC(=O)c1ccnc(Oc2ccccn2)c1. The average Bonchev–Trinajstić information content (AvgIpc) is 2.30. The molecule has 0 fully saturated rings. The van der Waals surface area contributed by atoms with Crippen molar-refractivity contribution in [2.75, 3.05) is 0 Å². The summed E-state index contributed by atoms with van der Waals surface area (Å²) in [4.78, 5) is 19.2. The largest absolute Gasteiger partial charge is 0.421 e. The van der Waals surface area contributed by atoms with Gasteiger partial charge in [-0.25, -0.2) is 9.97 Å². The van der Waals surface area contributed by atoms with Gasteiger partial charge in [0.1, 0.15) is 0 Å². The predicted octanol–water partition coefficient (Wildman–Crippen LogP) is 2.47. The van der Waals surface area contributed by atoms with Gasteiger partial charge in [-0.15, -0.1) is 0 Å². The molecule has 0 amide bonds. The summed E-state index contributed by atoms with van der Waals surface area (Å²) in [7, 11) is 0. The second kappa shape index (κ2) is 4.53. The maximum Gasteiger partial charge on any atom is 0.221 e. The Balaban J connectivity index is 2.22. The summed E-state index contributed by atoms with van der Waals surface area (Å²) in [5, 5.41) is 0. The smallest absolute Gasteiger partial charge is 0.221 e. The highest BCUT2D eigenvalue weighted by Crippen LogP contribution is 2.17. The molecule has 0 saturated carbocycles. The van der Waals surface area contributed by atoms with E-state index in [0.29, 0.717) is 17.3 Å². The predicted molar refractivity (Wildman–Crippen MR) is 58.6 cm³/mol. The highest BCUT2D eigenvalue weighted by atomic mass is 16.5. The van der Waals surface area contributed by atoms with Crippen LogP contribution < -0.4 is 4.74 Å². The van der Waals surface area contributed by atoms with Gasteiger partial charge in [0.15, 0.2) is 5.78 Å². The van der Waals surface area contributed by atoms with Gasteiger partial charge in [-0.1, -0.05) is 6.07 Å². The van der Waals surface area contributed by atoms with E-state index >= 15 is 0 Å². The van der Waals surface area contributed by atoms with Crippen molar-refractivity contribution in [2.24, 2.45) is 0 Å². The minimum Gasteiger partial charge on any atom is -0.421 e. The Bertz CT molecular complexity index is 497. The van der Waals surface area contributed by atoms with E-state index in [0.717, 1.165) is 0 Å². The van der Waals surface area contributed by atoms with Crippen LogP contribution in [-0.4, -0.2) is 15.8 Å². The second-order valence-corrected chi connectivity index (χ2v) is 3.21. The molecule has 0 aromatic carbocycles. The second-order valence-electron chi connectivity index (χ2n) is 3.21. The van der Waals surface area contributed by atoms with Gasteiger partial charge in [0.2, 0.25) is 11.8 Å². The number of aromatic nitrogens is 2. The van der Waals surface area contributed by atoms with E-state index in [1.54, 1.807) is 30.5 Å². The lowest BCUT2D eigenvalue weighted by atomic mass is 10.2. The van der Waals surface area contributed by atoms with E-state index in [2.05, 4.69) is 9.97 Å². The van der Waals surface area contributed by atoms with Gasteiger partial charge in [0.05, 0.1) is 0 Å². The average molecular weight is 214 g/mol. The first-order valence-corrected chi connectivity index (χ1v) is 4.81. The third-order valence-electron chi connectivity index (χ3n) is 1.99. The zero-order valence-electron chi connectivity index (χ0n) is 8.75. The Morgan fingerprint density at radius 1 is 1.12 bits per heavy atom. The van der Waals surface area contributed by atoms with Crippen molar-refractivity contribution in [3.05, 3.63) is 48.3 Å². The Morgan fingerprint density at radius 2 is 1.94 bits per heavy atom. The van der Waals surface area contributed by atoms with Crippen LogP contribution in [0.25, 0.3) is 0 Å². The number of hydrogen-bond donors (Lipinski definition) is 0.